The molecule has 0 aliphatic carbocycles. The maximum atomic E-state index is 13.7. The Bertz CT molecular complexity index is 1200. The van der Waals surface area contributed by atoms with Crippen LogP contribution >= 0.6 is 11.6 Å². The van der Waals surface area contributed by atoms with Crippen molar-refractivity contribution in [2.75, 3.05) is 17.1 Å². The van der Waals surface area contributed by atoms with Crippen LogP contribution in [0, 0.1) is 11.6 Å². The second kappa shape index (κ2) is 12.0. The molecular weight excluding hydrogens is 512 g/mol. The summed E-state index contributed by atoms with van der Waals surface area (Å²) in [6, 6.07) is 8.93. The van der Waals surface area contributed by atoms with E-state index in [1.807, 2.05) is 20.8 Å². The molecule has 0 aromatic heterocycles. The van der Waals surface area contributed by atoms with Gasteiger partial charge in [-0.3, -0.25) is 13.9 Å². The second-order valence-electron chi connectivity index (χ2n) is 9.57. The van der Waals surface area contributed by atoms with Crippen LogP contribution in [-0.4, -0.2) is 49.5 Å². The Labute approximate surface area is 216 Å². The summed E-state index contributed by atoms with van der Waals surface area (Å²) in [4.78, 5) is 27.5. The van der Waals surface area contributed by atoms with Crippen LogP contribution in [-0.2, 0) is 26.2 Å². The molecule has 2 aromatic carbocycles. The number of rotatable bonds is 10. The lowest BCUT2D eigenvalue weighted by molar-refractivity contribution is -0.141. The van der Waals surface area contributed by atoms with Crippen LogP contribution in [0.3, 0.4) is 0 Å². The molecule has 0 saturated heterocycles. The van der Waals surface area contributed by atoms with Gasteiger partial charge in [-0.2, -0.15) is 0 Å². The Morgan fingerprint density at radius 3 is 2.28 bits per heavy atom. The fraction of sp³-hybridized carbons (Fsp3) is 0.440. The number of benzene rings is 2. The molecule has 0 aliphatic heterocycles. The predicted molar refractivity (Wildman–Crippen MR) is 137 cm³/mol. The minimum Gasteiger partial charge on any atom is -0.350 e. The summed E-state index contributed by atoms with van der Waals surface area (Å²) in [6.45, 7) is 7.04. The number of hydrogen-bond donors (Lipinski definition) is 1. The predicted octanol–water partition coefficient (Wildman–Crippen LogP) is 4.50. The molecule has 0 heterocycles. The highest BCUT2D eigenvalue weighted by atomic mass is 35.5. The highest BCUT2D eigenvalue weighted by molar-refractivity contribution is 7.92. The SMILES string of the molecule is C[C@@H](C(=O)NC(C)(C)C)N(Cc1ccccc1Cl)C(=O)CCCN(c1ccc(F)c(F)c1)S(C)(=O)=O. The lowest BCUT2D eigenvalue weighted by Gasteiger charge is -2.32. The number of nitrogens with zero attached hydrogens (tertiary/aromatic N) is 2. The average molecular weight is 544 g/mol. The highest BCUT2D eigenvalue weighted by Crippen LogP contribution is 2.23. The van der Waals surface area contributed by atoms with Gasteiger partial charge in [-0.05, 0) is 57.9 Å². The van der Waals surface area contributed by atoms with E-state index in [-0.39, 0.29) is 43.4 Å². The van der Waals surface area contributed by atoms with Crippen LogP contribution in [0.4, 0.5) is 14.5 Å². The average Bonchev–Trinajstić information content (AvgIpc) is 2.75. The topological polar surface area (TPSA) is 86.8 Å². The summed E-state index contributed by atoms with van der Waals surface area (Å²) in [7, 11) is -3.83. The van der Waals surface area contributed by atoms with E-state index < -0.39 is 33.2 Å². The fourth-order valence-corrected chi connectivity index (χ4v) is 4.66. The lowest BCUT2D eigenvalue weighted by atomic mass is 10.1. The largest absolute Gasteiger partial charge is 0.350 e. The van der Waals surface area contributed by atoms with E-state index in [1.165, 1.54) is 4.90 Å². The number of halogens is 3. The highest BCUT2D eigenvalue weighted by Gasteiger charge is 2.29. The molecule has 0 unspecified atom stereocenters. The first-order valence-electron chi connectivity index (χ1n) is 11.4. The second-order valence-corrected chi connectivity index (χ2v) is 11.9. The molecule has 0 saturated carbocycles. The molecule has 36 heavy (non-hydrogen) atoms. The molecule has 2 amide bonds. The van der Waals surface area contributed by atoms with Crippen molar-refractivity contribution < 1.29 is 26.8 Å². The van der Waals surface area contributed by atoms with Crippen molar-refractivity contribution >= 4 is 39.1 Å². The fourth-order valence-electron chi connectivity index (χ4n) is 3.51. The van der Waals surface area contributed by atoms with E-state index in [9.17, 15) is 26.8 Å². The van der Waals surface area contributed by atoms with Crippen LogP contribution in [0.25, 0.3) is 0 Å². The van der Waals surface area contributed by atoms with E-state index in [2.05, 4.69) is 5.32 Å². The van der Waals surface area contributed by atoms with Crippen molar-refractivity contribution in [1.82, 2.24) is 10.2 Å². The monoisotopic (exact) mass is 543 g/mol. The summed E-state index contributed by atoms with van der Waals surface area (Å²) < 4.78 is 52.5. The Hall–Kier alpha value is -2.72. The molecule has 0 spiro atoms. The third-order valence-corrected chi connectivity index (χ3v) is 6.87. The molecule has 7 nitrogen and oxygen atoms in total. The minimum atomic E-state index is -3.83. The number of anilines is 1. The number of amides is 2. The molecule has 0 aliphatic rings. The molecule has 0 radical (unpaired) electrons. The number of carbonyl (C=O) groups is 2. The van der Waals surface area contributed by atoms with Crippen molar-refractivity contribution in [3.05, 3.63) is 64.7 Å². The Kier molecular flexibility index (Phi) is 9.85. The molecule has 0 bridgehead atoms. The van der Waals surface area contributed by atoms with Crippen molar-refractivity contribution in [1.29, 1.82) is 0 Å². The van der Waals surface area contributed by atoms with Crippen molar-refractivity contribution in [3.63, 3.8) is 0 Å². The van der Waals surface area contributed by atoms with E-state index in [0.29, 0.717) is 10.6 Å². The molecule has 2 rings (SSSR count). The number of sulfonamides is 1. The minimum absolute atomic E-state index is 0.0466. The summed E-state index contributed by atoms with van der Waals surface area (Å²) in [5.74, 6) is -3.00. The molecule has 11 heteroatoms. The van der Waals surface area contributed by atoms with Crippen LogP contribution in [0.5, 0.6) is 0 Å². The first kappa shape index (κ1) is 29.5. The first-order valence-corrected chi connectivity index (χ1v) is 13.6. The normalized spacial score (nSPS) is 12.7. The zero-order valence-corrected chi connectivity index (χ0v) is 22.6. The maximum absolute atomic E-state index is 13.7. The van der Waals surface area contributed by atoms with Gasteiger partial charge in [0.1, 0.15) is 6.04 Å². The van der Waals surface area contributed by atoms with Gasteiger partial charge in [-0.1, -0.05) is 29.8 Å². The number of carbonyl (C=O) groups excluding carboxylic acids is 2. The van der Waals surface area contributed by atoms with Gasteiger partial charge in [-0.25, -0.2) is 17.2 Å². The van der Waals surface area contributed by atoms with Crippen LogP contribution < -0.4 is 9.62 Å². The molecular formula is C25H32ClF2N3O4S. The first-order chi connectivity index (χ1) is 16.6. The lowest BCUT2D eigenvalue weighted by Crippen LogP contribution is -2.52. The van der Waals surface area contributed by atoms with Gasteiger partial charge in [0, 0.05) is 36.1 Å². The van der Waals surface area contributed by atoms with E-state index in [1.54, 1.807) is 31.2 Å². The van der Waals surface area contributed by atoms with Crippen LogP contribution in [0.1, 0.15) is 46.1 Å². The molecule has 0 fully saturated rings. The van der Waals surface area contributed by atoms with E-state index in [4.69, 9.17) is 11.6 Å². The molecule has 1 atom stereocenters. The maximum Gasteiger partial charge on any atom is 0.242 e. The van der Waals surface area contributed by atoms with E-state index >= 15 is 0 Å². The van der Waals surface area contributed by atoms with Crippen LogP contribution in [0.15, 0.2) is 42.5 Å². The summed E-state index contributed by atoms with van der Waals surface area (Å²) in [5.41, 5.74) is 0.0994. The smallest absolute Gasteiger partial charge is 0.242 e. The van der Waals surface area contributed by atoms with Gasteiger partial charge in [0.15, 0.2) is 11.6 Å². The molecule has 198 valence electrons. The van der Waals surface area contributed by atoms with Crippen molar-refractivity contribution in [2.45, 2.75) is 58.7 Å². The van der Waals surface area contributed by atoms with Crippen molar-refractivity contribution in [3.8, 4) is 0 Å². The quantitative estimate of drug-likeness (QED) is 0.478. The third kappa shape index (κ3) is 8.44. The number of hydrogen-bond acceptors (Lipinski definition) is 4. The summed E-state index contributed by atoms with van der Waals surface area (Å²) >= 11 is 6.28. The van der Waals surface area contributed by atoms with Gasteiger partial charge in [0.2, 0.25) is 21.8 Å². The Morgan fingerprint density at radius 2 is 1.72 bits per heavy atom. The van der Waals surface area contributed by atoms with Gasteiger partial charge in [0.25, 0.3) is 0 Å². The number of nitrogens with one attached hydrogen (secondary N) is 1. The Morgan fingerprint density at radius 1 is 1.08 bits per heavy atom. The van der Waals surface area contributed by atoms with E-state index in [0.717, 1.165) is 28.8 Å². The standard InChI is InChI=1S/C25H32ClF2N3O4S/c1-17(24(33)29-25(2,3)4)30(16-18-9-6-7-10-20(18)26)23(32)11-8-14-31(36(5,34)35)19-12-13-21(27)22(28)15-19/h6-7,9-10,12-13,15,17H,8,11,14,16H2,1-5H3,(H,29,33)/t17-/m0/s1. The van der Waals surface area contributed by atoms with Gasteiger partial charge in [0.05, 0.1) is 11.9 Å². The zero-order valence-electron chi connectivity index (χ0n) is 21.0. The van der Waals surface area contributed by atoms with Gasteiger partial charge >= 0.3 is 0 Å². The Balaban J connectivity index is 2.22. The molecule has 1 N–H and O–H groups in total. The van der Waals surface area contributed by atoms with Crippen LogP contribution in [0.2, 0.25) is 5.02 Å². The summed E-state index contributed by atoms with van der Waals surface area (Å²) in [5, 5.41) is 3.31. The zero-order chi connectivity index (χ0) is 27.3. The molecule has 2 aromatic rings. The van der Waals surface area contributed by atoms with Gasteiger partial charge < -0.3 is 10.2 Å². The summed E-state index contributed by atoms with van der Waals surface area (Å²) in [6.07, 6.45) is 0.934. The van der Waals surface area contributed by atoms with Crippen molar-refractivity contribution in [2.24, 2.45) is 0 Å². The van der Waals surface area contributed by atoms with Gasteiger partial charge in [-0.15, -0.1) is 0 Å². The third-order valence-electron chi connectivity index (χ3n) is 5.31.